The number of benzene rings is 2. The van der Waals surface area contributed by atoms with Crippen molar-refractivity contribution in [1.29, 1.82) is 0 Å². The van der Waals surface area contributed by atoms with E-state index in [1.54, 1.807) is 5.56 Å². The minimum atomic E-state index is 0.578. The molecule has 0 heterocycles. The van der Waals surface area contributed by atoms with Gasteiger partial charge in [-0.05, 0) is 60.2 Å². The summed E-state index contributed by atoms with van der Waals surface area (Å²) in [6.45, 7) is 1.30. The molecular weight excluding hydrogens is 278 g/mol. The van der Waals surface area contributed by atoms with Gasteiger partial charge in [0.1, 0.15) is 5.75 Å². The standard InChI is InChI=1S/C18H21NOS/c19-13-14-4-7-17(8-5-14)20-10-11-21-18-9-6-15-2-1-3-16(15)12-18/h4-9,12H,1-3,10-11,13,19H2. The van der Waals surface area contributed by atoms with Gasteiger partial charge in [0, 0.05) is 17.2 Å². The van der Waals surface area contributed by atoms with Crippen molar-refractivity contribution in [2.45, 2.75) is 30.7 Å². The van der Waals surface area contributed by atoms with Crippen LogP contribution in [0.2, 0.25) is 0 Å². The highest BCUT2D eigenvalue weighted by molar-refractivity contribution is 7.99. The van der Waals surface area contributed by atoms with Crippen LogP contribution in [0.15, 0.2) is 47.4 Å². The molecule has 3 heteroatoms. The van der Waals surface area contributed by atoms with E-state index in [-0.39, 0.29) is 0 Å². The summed E-state index contributed by atoms with van der Waals surface area (Å²) in [7, 11) is 0. The van der Waals surface area contributed by atoms with Crippen LogP contribution < -0.4 is 10.5 Å². The van der Waals surface area contributed by atoms with Crippen LogP contribution in [0.4, 0.5) is 0 Å². The minimum Gasteiger partial charge on any atom is -0.493 e. The van der Waals surface area contributed by atoms with Gasteiger partial charge in [-0.1, -0.05) is 18.2 Å². The first-order valence-corrected chi connectivity index (χ1v) is 8.50. The summed E-state index contributed by atoms with van der Waals surface area (Å²) in [6.07, 6.45) is 3.81. The Morgan fingerprint density at radius 1 is 1.00 bits per heavy atom. The van der Waals surface area contributed by atoms with Gasteiger partial charge in [0.15, 0.2) is 0 Å². The molecule has 2 aromatic rings. The first-order chi connectivity index (χ1) is 10.3. The molecule has 0 spiro atoms. The molecule has 0 aliphatic heterocycles. The Hall–Kier alpha value is -1.45. The predicted octanol–water partition coefficient (Wildman–Crippen LogP) is 3.81. The van der Waals surface area contributed by atoms with Crippen LogP contribution in [-0.2, 0) is 19.4 Å². The van der Waals surface area contributed by atoms with Gasteiger partial charge in [0.25, 0.3) is 0 Å². The zero-order valence-electron chi connectivity index (χ0n) is 12.2. The average molecular weight is 299 g/mol. The molecule has 0 radical (unpaired) electrons. The number of nitrogens with two attached hydrogens (primary N) is 1. The molecule has 2 aromatic carbocycles. The lowest BCUT2D eigenvalue weighted by atomic mass is 10.1. The number of aryl methyl sites for hydroxylation is 2. The zero-order chi connectivity index (χ0) is 14.5. The highest BCUT2D eigenvalue weighted by Crippen LogP contribution is 2.27. The van der Waals surface area contributed by atoms with Gasteiger partial charge in [-0.3, -0.25) is 0 Å². The Labute approximate surface area is 130 Å². The third-order valence-corrected chi connectivity index (χ3v) is 4.81. The van der Waals surface area contributed by atoms with Gasteiger partial charge in [-0.15, -0.1) is 11.8 Å². The van der Waals surface area contributed by atoms with Crippen molar-refractivity contribution in [3.63, 3.8) is 0 Å². The number of hydrogen-bond donors (Lipinski definition) is 1. The molecule has 2 N–H and O–H groups in total. The summed E-state index contributed by atoms with van der Waals surface area (Å²) in [5.74, 6) is 1.89. The van der Waals surface area contributed by atoms with Gasteiger partial charge in [-0.2, -0.15) is 0 Å². The van der Waals surface area contributed by atoms with Crippen molar-refractivity contribution in [2.24, 2.45) is 5.73 Å². The second-order valence-electron chi connectivity index (χ2n) is 5.33. The first-order valence-electron chi connectivity index (χ1n) is 7.51. The van der Waals surface area contributed by atoms with E-state index in [1.807, 2.05) is 36.0 Å². The van der Waals surface area contributed by atoms with Crippen LogP contribution in [0.1, 0.15) is 23.1 Å². The van der Waals surface area contributed by atoms with E-state index >= 15 is 0 Å². The maximum atomic E-state index is 5.76. The van der Waals surface area contributed by atoms with Crippen LogP contribution >= 0.6 is 11.8 Å². The fourth-order valence-corrected chi connectivity index (χ4v) is 3.47. The SMILES string of the molecule is NCc1ccc(OCCSc2ccc3c(c2)CCC3)cc1. The van der Waals surface area contributed by atoms with Crippen molar-refractivity contribution >= 4 is 11.8 Å². The lowest BCUT2D eigenvalue weighted by molar-refractivity contribution is 0.344. The Morgan fingerprint density at radius 2 is 1.81 bits per heavy atom. The van der Waals surface area contributed by atoms with Crippen molar-refractivity contribution in [3.05, 3.63) is 59.2 Å². The number of hydrogen-bond acceptors (Lipinski definition) is 3. The summed E-state index contributed by atoms with van der Waals surface area (Å²) in [5, 5.41) is 0. The van der Waals surface area contributed by atoms with Crippen molar-refractivity contribution in [3.8, 4) is 5.75 Å². The molecule has 0 saturated heterocycles. The molecule has 21 heavy (non-hydrogen) atoms. The summed E-state index contributed by atoms with van der Waals surface area (Å²) >= 11 is 1.87. The topological polar surface area (TPSA) is 35.2 Å². The summed E-state index contributed by atoms with van der Waals surface area (Å²) in [4.78, 5) is 1.36. The Bertz CT molecular complexity index is 595. The van der Waals surface area contributed by atoms with E-state index in [1.165, 1.54) is 29.7 Å². The highest BCUT2D eigenvalue weighted by atomic mass is 32.2. The number of thioether (sulfide) groups is 1. The van der Waals surface area contributed by atoms with Gasteiger partial charge in [-0.25, -0.2) is 0 Å². The quantitative estimate of drug-likeness (QED) is 0.651. The number of rotatable bonds is 6. The molecule has 2 nitrogen and oxygen atoms in total. The molecule has 3 rings (SSSR count). The van der Waals surface area contributed by atoms with Crippen molar-refractivity contribution in [1.82, 2.24) is 0 Å². The van der Waals surface area contributed by atoms with Crippen LogP contribution in [0.3, 0.4) is 0 Å². The predicted molar refractivity (Wildman–Crippen MR) is 89.0 cm³/mol. The maximum Gasteiger partial charge on any atom is 0.119 e. The molecule has 0 bridgehead atoms. The Morgan fingerprint density at radius 3 is 2.62 bits per heavy atom. The second kappa shape index (κ2) is 7.01. The zero-order valence-corrected chi connectivity index (χ0v) is 13.0. The lowest BCUT2D eigenvalue weighted by Gasteiger charge is -2.08. The van der Waals surface area contributed by atoms with Crippen LogP contribution in [0, 0.1) is 0 Å². The van der Waals surface area contributed by atoms with E-state index in [9.17, 15) is 0 Å². The van der Waals surface area contributed by atoms with E-state index in [4.69, 9.17) is 10.5 Å². The highest BCUT2D eigenvalue weighted by Gasteiger charge is 2.10. The molecule has 1 aliphatic rings. The molecular formula is C18H21NOS. The molecule has 1 aliphatic carbocycles. The largest absolute Gasteiger partial charge is 0.493 e. The van der Waals surface area contributed by atoms with Crippen molar-refractivity contribution < 1.29 is 4.74 Å². The van der Waals surface area contributed by atoms with Gasteiger partial charge >= 0.3 is 0 Å². The third kappa shape index (κ3) is 3.80. The fourth-order valence-electron chi connectivity index (χ4n) is 2.68. The summed E-state index contributed by atoms with van der Waals surface area (Å²) < 4.78 is 5.76. The van der Waals surface area contributed by atoms with Crippen LogP contribution in [0.5, 0.6) is 5.75 Å². The van der Waals surface area contributed by atoms with Crippen LogP contribution in [0.25, 0.3) is 0 Å². The molecule has 0 saturated carbocycles. The van der Waals surface area contributed by atoms with Crippen molar-refractivity contribution in [2.75, 3.05) is 12.4 Å². The molecule has 0 aromatic heterocycles. The van der Waals surface area contributed by atoms with Crippen LogP contribution in [-0.4, -0.2) is 12.4 Å². The average Bonchev–Trinajstić information content (AvgIpc) is 3.00. The smallest absolute Gasteiger partial charge is 0.119 e. The minimum absolute atomic E-state index is 0.578. The van der Waals surface area contributed by atoms with E-state index in [2.05, 4.69) is 18.2 Å². The molecule has 0 atom stereocenters. The fraction of sp³-hybridized carbons (Fsp3) is 0.333. The summed E-state index contributed by atoms with van der Waals surface area (Å²) in [6, 6.07) is 14.9. The monoisotopic (exact) mass is 299 g/mol. The molecule has 0 amide bonds. The molecule has 0 unspecified atom stereocenters. The van der Waals surface area contributed by atoms with E-state index < -0.39 is 0 Å². The lowest BCUT2D eigenvalue weighted by Crippen LogP contribution is -2.01. The summed E-state index contributed by atoms with van der Waals surface area (Å²) in [5.41, 5.74) is 9.79. The number of ether oxygens (including phenoxy) is 1. The molecule has 0 fully saturated rings. The Kier molecular flexibility index (Phi) is 4.84. The maximum absolute atomic E-state index is 5.76. The first kappa shape index (κ1) is 14.5. The Balaban J connectivity index is 1.45. The normalized spacial score (nSPS) is 13.2. The molecule has 110 valence electrons. The van der Waals surface area contributed by atoms with Gasteiger partial charge in [0.05, 0.1) is 6.61 Å². The van der Waals surface area contributed by atoms with Gasteiger partial charge < -0.3 is 10.5 Å². The van der Waals surface area contributed by atoms with Gasteiger partial charge in [0.2, 0.25) is 0 Å². The number of fused-ring (bicyclic) bond motifs is 1. The van der Waals surface area contributed by atoms with E-state index in [0.29, 0.717) is 6.54 Å². The second-order valence-corrected chi connectivity index (χ2v) is 6.50. The third-order valence-electron chi connectivity index (χ3n) is 3.85. The van der Waals surface area contributed by atoms with E-state index in [0.717, 1.165) is 23.7 Å².